The van der Waals surface area contributed by atoms with Crippen LogP contribution in [0.4, 0.5) is 0 Å². The summed E-state index contributed by atoms with van der Waals surface area (Å²) in [5, 5.41) is 0. The molecule has 0 radical (unpaired) electrons. The molecule has 0 aromatic heterocycles. The lowest BCUT2D eigenvalue weighted by Gasteiger charge is -2.44. The Hall–Kier alpha value is -3.67. The molecule has 1 saturated heterocycles. The fourth-order valence-electron chi connectivity index (χ4n) is 3.35. The maximum Gasteiger partial charge on any atom is 0.352 e. The summed E-state index contributed by atoms with van der Waals surface area (Å²) in [6.45, 7) is 5.41. The van der Waals surface area contributed by atoms with E-state index in [1.54, 1.807) is 12.1 Å². The highest BCUT2D eigenvalue weighted by molar-refractivity contribution is 5.69. The maximum absolute atomic E-state index is 11.9. The van der Waals surface area contributed by atoms with E-state index in [0.29, 0.717) is 5.56 Å². The fraction of sp³-hybridized carbons (Fsp3) is 0.500. The highest BCUT2D eigenvalue weighted by atomic mass is 17.2. The zero-order chi connectivity index (χ0) is 25.4. The monoisotopic (exact) mass is 482 g/mol. The summed E-state index contributed by atoms with van der Waals surface area (Å²) in [7, 11) is 0. The Labute approximate surface area is 195 Å². The molecular formula is C22H26O12. The molecule has 1 aliphatic heterocycles. The Morgan fingerprint density at radius 1 is 0.765 bits per heavy atom. The number of esters is 4. The van der Waals surface area contributed by atoms with Crippen molar-refractivity contribution in [2.45, 2.75) is 65.1 Å². The molecule has 1 aromatic carbocycles. The van der Waals surface area contributed by atoms with Crippen molar-refractivity contribution in [2.24, 2.45) is 0 Å². The van der Waals surface area contributed by atoms with Gasteiger partial charge in [0.1, 0.15) is 18.8 Å². The van der Waals surface area contributed by atoms with Crippen LogP contribution >= 0.6 is 0 Å². The quantitative estimate of drug-likeness (QED) is 0.228. The van der Waals surface area contributed by atoms with Crippen LogP contribution in [0, 0.1) is 0 Å². The molecule has 0 spiro atoms. The minimum absolute atomic E-state index is 0.126. The average Bonchev–Trinajstić information content (AvgIpc) is 2.73. The Balaban J connectivity index is 2.52. The summed E-state index contributed by atoms with van der Waals surface area (Å²) >= 11 is 0. The predicted molar refractivity (Wildman–Crippen MR) is 110 cm³/mol. The Kier molecular flexibility index (Phi) is 9.36. The van der Waals surface area contributed by atoms with Crippen LogP contribution in [0.3, 0.4) is 0 Å². The number of rotatable bonds is 8. The average molecular weight is 482 g/mol. The molecule has 1 aliphatic rings. The Morgan fingerprint density at radius 2 is 1.35 bits per heavy atom. The van der Waals surface area contributed by atoms with Crippen molar-refractivity contribution < 1.29 is 57.4 Å². The van der Waals surface area contributed by atoms with Crippen LogP contribution in [0.15, 0.2) is 24.3 Å². The van der Waals surface area contributed by atoms with Crippen molar-refractivity contribution in [3.8, 4) is 5.75 Å². The van der Waals surface area contributed by atoms with Crippen LogP contribution in [0.25, 0.3) is 0 Å². The van der Waals surface area contributed by atoms with Crippen LogP contribution in [0.2, 0.25) is 0 Å². The maximum atomic E-state index is 11.9. The van der Waals surface area contributed by atoms with E-state index in [9.17, 15) is 24.0 Å². The molecule has 1 fully saturated rings. The summed E-state index contributed by atoms with van der Waals surface area (Å²) in [5.41, 5.74) is 0.377. The van der Waals surface area contributed by atoms with Crippen molar-refractivity contribution in [3.05, 3.63) is 29.8 Å². The van der Waals surface area contributed by atoms with Gasteiger partial charge in [0, 0.05) is 34.6 Å². The third kappa shape index (κ3) is 7.73. The molecule has 0 amide bonds. The second-order valence-electron chi connectivity index (χ2n) is 7.35. The van der Waals surface area contributed by atoms with Crippen molar-refractivity contribution in [3.63, 3.8) is 0 Å². The van der Waals surface area contributed by atoms with E-state index in [-0.39, 0.29) is 12.4 Å². The second-order valence-corrected chi connectivity index (χ2v) is 7.35. The lowest BCUT2D eigenvalue weighted by Crippen LogP contribution is -2.59. The van der Waals surface area contributed by atoms with Gasteiger partial charge in [-0.1, -0.05) is 12.1 Å². The second kappa shape index (κ2) is 12.0. The van der Waals surface area contributed by atoms with Gasteiger partial charge in [-0.3, -0.25) is 29.0 Å². The molecule has 0 aliphatic carbocycles. The fourth-order valence-corrected chi connectivity index (χ4v) is 3.35. The van der Waals surface area contributed by atoms with Gasteiger partial charge in [0.15, 0.2) is 24.1 Å². The van der Waals surface area contributed by atoms with Gasteiger partial charge in [-0.15, -0.1) is 0 Å². The Bertz CT molecular complexity index is 926. The van der Waals surface area contributed by atoms with Crippen LogP contribution in [-0.2, 0) is 52.5 Å². The smallest absolute Gasteiger partial charge is 0.352 e. The minimum atomic E-state index is -1.30. The SMILES string of the molecule is CC(=O)OC[C@H]1O[C@@H](c2cccc(OOC(C)=O)c2)[C@H](OC(C)=O)[C@@H](OC(C)=O)[C@@H]1OC(C)=O. The topological polar surface area (TPSA) is 150 Å². The lowest BCUT2D eigenvalue weighted by molar-refractivity contribution is -0.254. The summed E-state index contributed by atoms with van der Waals surface area (Å²) in [6.07, 6.45) is -6.00. The summed E-state index contributed by atoms with van der Waals surface area (Å²) in [4.78, 5) is 67.5. The minimum Gasteiger partial charge on any atom is -0.463 e. The van der Waals surface area contributed by atoms with Gasteiger partial charge >= 0.3 is 29.8 Å². The zero-order valence-electron chi connectivity index (χ0n) is 19.3. The first kappa shape index (κ1) is 26.6. The number of hydrogen-bond donors (Lipinski definition) is 0. The van der Waals surface area contributed by atoms with Gasteiger partial charge in [0.25, 0.3) is 0 Å². The molecule has 0 bridgehead atoms. The lowest BCUT2D eigenvalue weighted by atomic mass is 9.90. The van der Waals surface area contributed by atoms with Crippen LogP contribution in [0.1, 0.15) is 46.3 Å². The van der Waals surface area contributed by atoms with Crippen molar-refractivity contribution in [1.82, 2.24) is 0 Å². The van der Waals surface area contributed by atoms with Crippen LogP contribution in [0.5, 0.6) is 5.75 Å². The third-order valence-corrected chi connectivity index (χ3v) is 4.43. The predicted octanol–water partition coefficient (Wildman–Crippen LogP) is 1.34. The molecule has 1 aromatic rings. The molecule has 12 heteroatoms. The van der Waals surface area contributed by atoms with E-state index in [0.717, 1.165) is 27.7 Å². The van der Waals surface area contributed by atoms with Crippen LogP contribution < -0.4 is 4.89 Å². The summed E-state index contributed by atoms with van der Waals surface area (Å²) in [5.74, 6) is -3.36. The molecule has 0 saturated carbocycles. The van der Waals surface area contributed by atoms with E-state index >= 15 is 0 Å². The molecule has 5 atom stereocenters. The number of hydrogen-bond acceptors (Lipinski definition) is 12. The number of carbonyl (C=O) groups is 5. The standard InChI is InChI=1S/C22H26O12/c1-11(23)28-10-18-20(29-12(2)24)22(31-14(4)26)21(30-13(3)25)19(32-18)16-7-6-8-17(9-16)34-33-15(5)27/h6-9,18-22H,10H2,1-5H3/t18-,19+,20-,21+,22+/m1/s1. The molecule has 1 heterocycles. The molecule has 2 rings (SSSR count). The largest absolute Gasteiger partial charge is 0.463 e. The first-order valence-electron chi connectivity index (χ1n) is 10.2. The molecule has 12 nitrogen and oxygen atoms in total. The first-order valence-corrected chi connectivity index (χ1v) is 10.2. The zero-order valence-corrected chi connectivity index (χ0v) is 19.3. The van der Waals surface area contributed by atoms with Gasteiger partial charge < -0.3 is 23.7 Å². The van der Waals surface area contributed by atoms with Gasteiger partial charge in [-0.25, -0.2) is 4.79 Å². The van der Waals surface area contributed by atoms with Gasteiger partial charge in [0.2, 0.25) is 0 Å². The number of carbonyl (C=O) groups excluding carboxylic acids is 5. The summed E-state index contributed by atoms with van der Waals surface area (Å²) < 4.78 is 27.3. The van der Waals surface area contributed by atoms with Crippen molar-refractivity contribution >= 4 is 29.8 Å². The number of benzene rings is 1. The van der Waals surface area contributed by atoms with Gasteiger partial charge in [-0.05, 0) is 17.7 Å². The third-order valence-electron chi connectivity index (χ3n) is 4.43. The highest BCUT2D eigenvalue weighted by Crippen LogP contribution is 2.38. The summed E-state index contributed by atoms with van der Waals surface area (Å²) in [6, 6.07) is 6.10. The van der Waals surface area contributed by atoms with Gasteiger partial charge in [-0.2, -0.15) is 0 Å². The van der Waals surface area contributed by atoms with Gasteiger partial charge in [0.05, 0.1) is 0 Å². The van der Waals surface area contributed by atoms with Crippen molar-refractivity contribution in [2.75, 3.05) is 6.61 Å². The van der Waals surface area contributed by atoms with E-state index in [1.807, 2.05) is 0 Å². The number of ether oxygens (including phenoxy) is 5. The Morgan fingerprint density at radius 3 is 1.91 bits per heavy atom. The van der Waals surface area contributed by atoms with E-state index in [1.165, 1.54) is 19.1 Å². The normalized spacial score (nSPS) is 23.7. The van der Waals surface area contributed by atoms with E-state index in [2.05, 4.69) is 4.89 Å². The molecule has 0 unspecified atom stereocenters. The molecule has 0 N–H and O–H groups in total. The molecular weight excluding hydrogens is 456 g/mol. The molecule has 34 heavy (non-hydrogen) atoms. The van der Waals surface area contributed by atoms with E-state index < -0.39 is 60.4 Å². The highest BCUT2D eigenvalue weighted by Gasteiger charge is 2.52. The van der Waals surface area contributed by atoms with Crippen molar-refractivity contribution in [1.29, 1.82) is 0 Å². The molecule has 186 valence electrons. The first-order chi connectivity index (χ1) is 16.0. The van der Waals surface area contributed by atoms with Crippen LogP contribution in [-0.4, -0.2) is 60.9 Å². The van der Waals surface area contributed by atoms with E-state index in [4.69, 9.17) is 28.6 Å².